The Kier molecular flexibility index (Phi) is 3.02. The van der Waals surface area contributed by atoms with E-state index in [-0.39, 0.29) is 5.75 Å². The first-order valence-electron chi connectivity index (χ1n) is 6.32. The molecular formula is C15H14FN3O. The van der Waals surface area contributed by atoms with Crippen molar-refractivity contribution in [3.63, 3.8) is 0 Å². The van der Waals surface area contributed by atoms with Crippen molar-refractivity contribution in [1.82, 2.24) is 9.38 Å². The number of phenols is 1. The number of halogens is 1. The van der Waals surface area contributed by atoms with E-state index in [4.69, 9.17) is 0 Å². The number of para-hydroxylation sites is 1. The zero-order chi connectivity index (χ0) is 14.1. The maximum Gasteiger partial charge on any atom is 0.167 e. The zero-order valence-corrected chi connectivity index (χ0v) is 10.9. The van der Waals surface area contributed by atoms with E-state index in [9.17, 15) is 9.50 Å². The topological polar surface area (TPSA) is 49.6 Å². The second kappa shape index (κ2) is 4.85. The fraction of sp³-hybridized carbons (Fsp3) is 0.133. The molecule has 2 heterocycles. The Morgan fingerprint density at radius 3 is 2.85 bits per heavy atom. The van der Waals surface area contributed by atoms with E-state index in [1.54, 1.807) is 12.1 Å². The number of pyridine rings is 1. The van der Waals surface area contributed by atoms with Crippen LogP contribution in [0.5, 0.6) is 5.75 Å². The van der Waals surface area contributed by atoms with E-state index in [1.807, 2.05) is 35.0 Å². The smallest absolute Gasteiger partial charge is 0.167 e. The molecule has 2 aromatic heterocycles. The molecule has 0 bridgehead atoms. The fourth-order valence-corrected chi connectivity index (χ4v) is 2.17. The van der Waals surface area contributed by atoms with Crippen molar-refractivity contribution < 1.29 is 9.50 Å². The molecule has 1 aromatic carbocycles. The van der Waals surface area contributed by atoms with E-state index < -0.39 is 6.30 Å². The molecule has 1 unspecified atom stereocenters. The molecule has 0 saturated heterocycles. The average molecular weight is 271 g/mol. The van der Waals surface area contributed by atoms with Crippen LogP contribution in [0, 0.1) is 0 Å². The third kappa shape index (κ3) is 2.18. The summed E-state index contributed by atoms with van der Waals surface area (Å²) < 4.78 is 15.1. The average Bonchev–Trinajstić information content (AvgIpc) is 2.84. The van der Waals surface area contributed by atoms with Crippen LogP contribution in [0.15, 0.2) is 48.8 Å². The molecule has 0 amide bonds. The number of anilines is 1. The zero-order valence-electron chi connectivity index (χ0n) is 10.9. The minimum absolute atomic E-state index is 0.00376. The van der Waals surface area contributed by atoms with Crippen molar-refractivity contribution >= 4 is 11.3 Å². The van der Waals surface area contributed by atoms with Crippen molar-refractivity contribution in [2.24, 2.45) is 0 Å². The van der Waals surface area contributed by atoms with Gasteiger partial charge in [0.05, 0.1) is 11.4 Å². The number of hydrogen-bond donors (Lipinski definition) is 2. The van der Waals surface area contributed by atoms with E-state index in [2.05, 4.69) is 10.3 Å². The highest BCUT2D eigenvalue weighted by Crippen LogP contribution is 2.35. The van der Waals surface area contributed by atoms with Crippen molar-refractivity contribution in [3.8, 4) is 17.0 Å². The van der Waals surface area contributed by atoms with Gasteiger partial charge in [-0.25, -0.2) is 9.37 Å². The summed E-state index contributed by atoms with van der Waals surface area (Å²) in [5.41, 5.74) is 2.49. The van der Waals surface area contributed by atoms with Gasteiger partial charge in [-0.1, -0.05) is 18.2 Å². The normalized spacial score (nSPS) is 12.5. The van der Waals surface area contributed by atoms with Crippen molar-refractivity contribution in [3.05, 3.63) is 48.8 Å². The largest absolute Gasteiger partial charge is 0.506 e. The Morgan fingerprint density at radius 2 is 2.10 bits per heavy atom. The van der Waals surface area contributed by atoms with Crippen LogP contribution < -0.4 is 5.32 Å². The van der Waals surface area contributed by atoms with Gasteiger partial charge in [0.2, 0.25) is 0 Å². The molecule has 0 fully saturated rings. The molecule has 0 aliphatic heterocycles. The molecule has 0 saturated carbocycles. The third-order valence-corrected chi connectivity index (χ3v) is 3.03. The first-order valence-corrected chi connectivity index (χ1v) is 6.32. The Balaban J connectivity index is 2.15. The standard InChI is InChI=1S/C15H14FN3O/c1-10(16)17-15-11(5-4-6-13(15)20)12-9-19-8-3-2-7-14(19)18-12/h2-10,17,20H,1H3. The molecular weight excluding hydrogens is 257 g/mol. The van der Waals surface area contributed by atoms with Crippen LogP contribution in [-0.4, -0.2) is 20.8 Å². The first-order chi connectivity index (χ1) is 9.65. The number of imidazole rings is 1. The quantitative estimate of drug-likeness (QED) is 0.566. The van der Waals surface area contributed by atoms with Crippen LogP contribution in [-0.2, 0) is 0 Å². The van der Waals surface area contributed by atoms with E-state index in [0.29, 0.717) is 16.9 Å². The molecule has 0 radical (unpaired) electrons. The molecule has 102 valence electrons. The molecule has 20 heavy (non-hydrogen) atoms. The lowest BCUT2D eigenvalue weighted by molar-refractivity contribution is 0.399. The van der Waals surface area contributed by atoms with Gasteiger partial charge in [-0.3, -0.25) is 0 Å². The summed E-state index contributed by atoms with van der Waals surface area (Å²) in [4.78, 5) is 4.48. The summed E-state index contributed by atoms with van der Waals surface area (Å²) in [7, 11) is 0. The summed E-state index contributed by atoms with van der Waals surface area (Å²) in [5, 5.41) is 12.5. The summed E-state index contributed by atoms with van der Waals surface area (Å²) in [6, 6.07) is 10.7. The minimum atomic E-state index is -1.26. The monoisotopic (exact) mass is 271 g/mol. The van der Waals surface area contributed by atoms with Crippen LogP contribution in [0.25, 0.3) is 16.9 Å². The molecule has 2 N–H and O–H groups in total. The first kappa shape index (κ1) is 12.5. The van der Waals surface area contributed by atoms with Gasteiger partial charge in [0.15, 0.2) is 6.30 Å². The summed E-state index contributed by atoms with van der Waals surface area (Å²) in [5.74, 6) is 0.00376. The number of nitrogens with one attached hydrogen (secondary N) is 1. The molecule has 0 aliphatic carbocycles. The van der Waals surface area contributed by atoms with Crippen molar-refractivity contribution in [1.29, 1.82) is 0 Å². The van der Waals surface area contributed by atoms with Crippen LogP contribution in [0.4, 0.5) is 10.1 Å². The van der Waals surface area contributed by atoms with Gasteiger partial charge >= 0.3 is 0 Å². The SMILES string of the molecule is CC(F)Nc1c(O)cccc1-c1cn2ccccc2n1. The molecule has 0 spiro atoms. The van der Waals surface area contributed by atoms with Gasteiger partial charge in [0, 0.05) is 18.0 Å². The Morgan fingerprint density at radius 1 is 1.25 bits per heavy atom. The molecule has 0 aliphatic rings. The number of aromatic hydroxyl groups is 1. The van der Waals surface area contributed by atoms with Crippen LogP contribution in [0.1, 0.15) is 6.92 Å². The number of phenolic OH excluding ortho intramolecular Hbond substituents is 1. The van der Waals surface area contributed by atoms with E-state index in [0.717, 1.165) is 5.65 Å². The van der Waals surface area contributed by atoms with Gasteiger partial charge in [0.1, 0.15) is 11.4 Å². The van der Waals surface area contributed by atoms with E-state index in [1.165, 1.54) is 13.0 Å². The molecule has 3 aromatic rings. The second-order valence-electron chi connectivity index (χ2n) is 4.55. The summed E-state index contributed by atoms with van der Waals surface area (Å²) in [6.07, 6.45) is 2.47. The number of nitrogens with zero attached hydrogens (tertiary/aromatic N) is 2. The Hall–Kier alpha value is -2.56. The lowest BCUT2D eigenvalue weighted by Gasteiger charge is -2.13. The number of hydrogen-bond acceptors (Lipinski definition) is 3. The predicted molar refractivity (Wildman–Crippen MR) is 76.5 cm³/mol. The maximum absolute atomic E-state index is 13.2. The lowest BCUT2D eigenvalue weighted by atomic mass is 10.1. The van der Waals surface area contributed by atoms with E-state index >= 15 is 0 Å². The highest BCUT2D eigenvalue weighted by atomic mass is 19.1. The van der Waals surface area contributed by atoms with Gasteiger partial charge < -0.3 is 14.8 Å². The lowest BCUT2D eigenvalue weighted by Crippen LogP contribution is -2.09. The molecule has 3 rings (SSSR count). The molecule has 1 atom stereocenters. The second-order valence-corrected chi connectivity index (χ2v) is 4.55. The van der Waals surface area contributed by atoms with Crippen LogP contribution >= 0.6 is 0 Å². The Labute approximate surface area is 115 Å². The van der Waals surface area contributed by atoms with Crippen molar-refractivity contribution in [2.45, 2.75) is 13.2 Å². The third-order valence-electron chi connectivity index (χ3n) is 3.03. The number of benzene rings is 1. The van der Waals surface area contributed by atoms with Gasteiger partial charge in [-0.05, 0) is 25.1 Å². The summed E-state index contributed by atoms with van der Waals surface area (Å²) in [6.45, 7) is 1.37. The highest BCUT2D eigenvalue weighted by molar-refractivity contribution is 5.81. The Bertz CT molecular complexity index is 719. The van der Waals surface area contributed by atoms with Gasteiger partial charge in [-0.2, -0.15) is 0 Å². The predicted octanol–water partition coefficient (Wildman–Crippen LogP) is 3.43. The summed E-state index contributed by atoms with van der Waals surface area (Å²) >= 11 is 0. The molecule has 5 heteroatoms. The number of rotatable bonds is 3. The number of fused-ring (bicyclic) bond motifs is 1. The van der Waals surface area contributed by atoms with Crippen LogP contribution in [0.3, 0.4) is 0 Å². The van der Waals surface area contributed by atoms with Gasteiger partial charge in [0.25, 0.3) is 0 Å². The minimum Gasteiger partial charge on any atom is -0.506 e. The molecule has 4 nitrogen and oxygen atoms in total. The maximum atomic E-state index is 13.2. The number of aromatic nitrogens is 2. The number of alkyl halides is 1. The van der Waals surface area contributed by atoms with Crippen LogP contribution in [0.2, 0.25) is 0 Å². The van der Waals surface area contributed by atoms with Gasteiger partial charge in [-0.15, -0.1) is 0 Å². The fourth-order valence-electron chi connectivity index (χ4n) is 2.17. The van der Waals surface area contributed by atoms with Crippen molar-refractivity contribution in [2.75, 3.05) is 5.32 Å². The highest BCUT2D eigenvalue weighted by Gasteiger charge is 2.14.